The zero-order valence-corrected chi connectivity index (χ0v) is 17.3. The Hall–Kier alpha value is -3.65. The van der Waals surface area contributed by atoms with Gasteiger partial charge in [-0.25, -0.2) is 14.4 Å². The van der Waals surface area contributed by atoms with E-state index in [4.69, 9.17) is 16.3 Å². The molecular weight excluding hydrogens is 423 g/mol. The number of hydrogen-bond donors (Lipinski definition) is 1. The van der Waals surface area contributed by atoms with Gasteiger partial charge in [0.05, 0.1) is 17.9 Å². The average molecular weight is 441 g/mol. The molecule has 0 aliphatic rings. The molecule has 3 aromatic rings. The Labute approximate surface area is 182 Å². The summed E-state index contributed by atoms with van der Waals surface area (Å²) < 4.78 is 19.2. The number of aromatic nitrogens is 2. The second kappa shape index (κ2) is 10.4. The number of nitrogens with zero attached hydrogens (tertiary/aromatic N) is 3. The van der Waals surface area contributed by atoms with Gasteiger partial charge in [0.2, 0.25) is 0 Å². The number of carbonyl (C=O) groups is 1. The maximum Gasteiger partial charge on any atom is 0.169 e. The number of hydrogen-bond acceptors (Lipinski definition) is 7. The van der Waals surface area contributed by atoms with E-state index in [0.29, 0.717) is 35.4 Å². The Morgan fingerprint density at radius 2 is 2.03 bits per heavy atom. The fraction of sp³-hybridized carbons (Fsp3) is 0.136. The number of aldehydes is 1. The molecule has 1 heterocycles. The van der Waals surface area contributed by atoms with E-state index in [1.54, 1.807) is 36.4 Å². The van der Waals surface area contributed by atoms with Crippen molar-refractivity contribution < 1.29 is 13.9 Å². The Kier molecular flexibility index (Phi) is 7.40. The smallest absolute Gasteiger partial charge is 0.169 e. The van der Waals surface area contributed by atoms with Gasteiger partial charge in [-0.3, -0.25) is 4.79 Å². The van der Waals surface area contributed by atoms with E-state index in [0.717, 1.165) is 0 Å². The number of halogens is 2. The maximum absolute atomic E-state index is 13.9. The topological polar surface area (TPSA) is 93.5 Å². The molecule has 7 nitrogen and oxygen atoms in total. The first kappa shape index (κ1) is 22.0. The highest BCUT2D eigenvalue weighted by Gasteiger charge is 2.15. The Morgan fingerprint density at radius 3 is 2.74 bits per heavy atom. The van der Waals surface area contributed by atoms with Gasteiger partial charge in [-0.15, -0.1) is 4.91 Å². The molecule has 0 unspecified atom stereocenters. The molecule has 0 saturated carbocycles. The quantitative estimate of drug-likeness (QED) is 0.258. The molecule has 0 saturated heterocycles. The predicted octanol–water partition coefficient (Wildman–Crippen LogP) is 5.77. The lowest BCUT2D eigenvalue weighted by Crippen LogP contribution is -2.08. The van der Waals surface area contributed by atoms with Crippen LogP contribution in [0.1, 0.15) is 28.5 Å². The number of benzene rings is 2. The highest BCUT2D eigenvalue weighted by atomic mass is 35.5. The molecular formula is C22H18ClFN4O3. The van der Waals surface area contributed by atoms with Crippen LogP contribution in [0.4, 0.5) is 15.9 Å². The maximum atomic E-state index is 13.9. The minimum absolute atomic E-state index is 0.0352. The van der Waals surface area contributed by atoms with Crippen LogP contribution in [0.15, 0.2) is 53.9 Å². The molecule has 0 fully saturated rings. The molecule has 0 amide bonds. The molecule has 1 N–H and O–H groups in total. The summed E-state index contributed by atoms with van der Waals surface area (Å²) in [5, 5.41) is 6.09. The summed E-state index contributed by atoms with van der Waals surface area (Å²) in [6.07, 6.45) is 3.57. The van der Waals surface area contributed by atoms with Crippen molar-refractivity contribution in [3.8, 4) is 11.4 Å². The monoisotopic (exact) mass is 440 g/mol. The lowest BCUT2D eigenvalue weighted by molar-refractivity contribution is 0.111. The first-order valence-corrected chi connectivity index (χ1v) is 9.71. The van der Waals surface area contributed by atoms with E-state index < -0.39 is 5.82 Å². The van der Waals surface area contributed by atoms with Gasteiger partial charge in [0, 0.05) is 23.2 Å². The van der Waals surface area contributed by atoms with Gasteiger partial charge in [-0.05, 0) is 42.4 Å². The van der Waals surface area contributed by atoms with Crippen molar-refractivity contribution in [2.75, 3.05) is 11.9 Å². The van der Waals surface area contributed by atoms with Crippen molar-refractivity contribution >= 4 is 35.5 Å². The van der Waals surface area contributed by atoms with Crippen LogP contribution < -0.4 is 5.32 Å². The number of ether oxygens (including phenoxy) is 1. The third-order valence-corrected chi connectivity index (χ3v) is 4.60. The zero-order chi connectivity index (χ0) is 22.2. The van der Waals surface area contributed by atoms with Crippen molar-refractivity contribution in [1.82, 2.24) is 9.97 Å². The van der Waals surface area contributed by atoms with Crippen LogP contribution in [-0.2, 0) is 11.3 Å². The van der Waals surface area contributed by atoms with Gasteiger partial charge in [0.1, 0.15) is 23.0 Å². The van der Waals surface area contributed by atoms with E-state index in [1.165, 1.54) is 18.4 Å². The number of nitrogens with one attached hydrogen (secondary N) is 1. The molecule has 9 heteroatoms. The second-order valence-corrected chi connectivity index (χ2v) is 6.68. The summed E-state index contributed by atoms with van der Waals surface area (Å²) in [6, 6.07) is 11.0. The summed E-state index contributed by atoms with van der Waals surface area (Å²) in [7, 11) is 0. The van der Waals surface area contributed by atoms with Gasteiger partial charge < -0.3 is 10.1 Å². The number of carbonyl (C=O) groups excluding carboxylic acids is 1. The van der Waals surface area contributed by atoms with Crippen molar-refractivity contribution in [1.29, 1.82) is 0 Å². The van der Waals surface area contributed by atoms with Gasteiger partial charge in [-0.1, -0.05) is 29.8 Å². The van der Waals surface area contributed by atoms with Crippen LogP contribution in [0.5, 0.6) is 0 Å². The number of rotatable bonds is 9. The summed E-state index contributed by atoms with van der Waals surface area (Å²) in [5.74, 6) is -0.189. The van der Waals surface area contributed by atoms with Gasteiger partial charge >= 0.3 is 0 Å². The van der Waals surface area contributed by atoms with Crippen LogP contribution in [0, 0.1) is 10.7 Å². The van der Waals surface area contributed by atoms with Crippen LogP contribution in [0.2, 0.25) is 5.02 Å². The number of anilines is 1. The minimum atomic E-state index is -0.628. The molecule has 2 aromatic carbocycles. The molecule has 0 aliphatic carbocycles. The number of nitroso groups, excluding NO2 is 1. The first-order valence-electron chi connectivity index (χ1n) is 9.33. The van der Waals surface area contributed by atoms with Crippen molar-refractivity contribution in [2.24, 2.45) is 5.18 Å². The molecule has 0 bridgehead atoms. The summed E-state index contributed by atoms with van der Waals surface area (Å²) >= 11 is 5.76. The van der Waals surface area contributed by atoms with Crippen molar-refractivity contribution in [3.63, 3.8) is 0 Å². The van der Waals surface area contributed by atoms with E-state index in [9.17, 15) is 14.1 Å². The van der Waals surface area contributed by atoms with Crippen LogP contribution in [0.25, 0.3) is 17.5 Å². The minimum Gasteiger partial charge on any atom is -0.501 e. The highest BCUT2D eigenvalue weighted by Crippen LogP contribution is 2.27. The Bertz CT molecular complexity index is 1140. The molecule has 1 aromatic heterocycles. The third-order valence-electron chi connectivity index (χ3n) is 4.30. The molecule has 158 valence electrons. The van der Waals surface area contributed by atoms with E-state index in [2.05, 4.69) is 20.5 Å². The standard InChI is InChI=1S/C22H18ClFN4O3/c1-2-31-10-9-16-20(13-29)26-21(14-7-8-17(23)18(24)11-14)27-22(16)25-12-15-5-3-4-6-19(15)28-30/h3-11,13H,2,12H2,1H3,(H,25,26,27)/b10-9-. The third kappa shape index (κ3) is 5.29. The van der Waals surface area contributed by atoms with E-state index >= 15 is 0 Å². The van der Waals surface area contributed by atoms with Gasteiger partial charge in [0.25, 0.3) is 0 Å². The summed E-state index contributed by atoms with van der Waals surface area (Å²) in [6.45, 7) is 2.47. The van der Waals surface area contributed by atoms with Crippen LogP contribution >= 0.6 is 11.6 Å². The lowest BCUT2D eigenvalue weighted by Gasteiger charge is -2.13. The van der Waals surface area contributed by atoms with Crippen LogP contribution in [-0.4, -0.2) is 22.9 Å². The first-order chi connectivity index (χ1) is 15.1. The highest BCUT2D eigenvalue weighted by molar-refractivity contribution is 6.30. The lowest BCUT2D eigenvalue weighted by atomic mass is 10.1. The zero-order valence-electron chi connectivity index (χ0n) is 16.5. The normalized spacial score (nSPS) is 10.8. The molecule has 31 heavy (non-hydrogen) atoms. The molecule has 0 aliphatic heterocycles. The SMILES string of the molecule is CCO/C=C\c1c(C=O)nc(-c2ccc(Cl)c(F)c2)nc1NCc1ccccc1N=O. The second-order valence-electron chi connectivity index (χ2n) is 6.27. The van der Waals surface area contributed by atoms with Crippen molar-refractivity contribution in [2.45, 2.75) is 13.5 Å². The fourth-order valence-electron chi connectivity index (χ4n) is 2.78. The summed E-state index contributed by atoms with van der Waals surface area (Å²) in [5.41, 5.74) is 1.75. The summed E-state index contributed by atoms with van der Waals surface area (Å²) in [4.78, 5) is 31.5. The molecule has 0 spiro atoms. The molecule has 0 radical (unpaired) electrons. The largest absolute Gasteiger partial charge is 0.501 e. The van der Waals surface area contributed by atoms with E-state index in [-0.39, 0.29) is 28.8 Å². The average Bonchev–Trinajstić information content (AvgIpc) is 2.80. The molecule has 0 atom stereocenters. The fourth-order valence-corrected chi connectivity index (χ4v) is 2.90. The van der Waals surface area contributed by atoms with Gasteiger partial charge in [0.15, 0.2) is 12.1 Å². The van der Waals surface area contributed by atoms with Crippen molar-refractivity contribution in [3.05, 3.63) is 81.3 Å². The predicted molar refractivity (Wildman–Crippen MR) is 118 cm³/mol. The molecule has 3 rings (SSSR count). The van der Waals surface area contributed by atoms with Gasteiger partial charge in [-0.2, -0.15) is 0 Å². The Morgan fingerprint density at radius 1 is 1.23 bits per heavy atom. The Balaban J connectivity index is 2.06. The van der Waals surface area contributed by atoms with E-state index in [1.807, 2.05) is 6.92 Å². The van der Waals surface area contributed by atoms with Crippen LogP contribution in [0.3, 0.4) is 0 Å².